The summed E-state index contributed by atoms with van der Waals surface area (Å²) in [6, 6.07) is 32.8. The molecule has 0 atom stereocenters. The predicted molar refractivity (Wildman–Crippen MR) is 138 cm³/mol. The number of benzene rings is 4. The van der Waals surface area contributed by atoms with Crippen LogP contribution in [0.4, 0.5) is 0 Å². The molecule has 3 heterocycles. The first kappa shape index (κ1) is 20.2. The highest BCUT2D eigenvalue weighted by Gasteiger charge is 2.16. The van der Waals surface area contributed by atoms with Crippen LogP contribution in [0.5, 0.6) is 0 Å². The number of oxazole rings is 1. The maximum absolute atomic E-state index is 12.5. The van der Waals surface area contributed by atoms with Gasteiger partial charge in [0.1, 0.15) is 0 Å². The summed E-state index contributed by atoms with van der Waals surface area (Å²) in [5, 5.41) is 0.529. The Labute approximate surface area is 204 Å². The van der Waals surface area contributed by atoms with Gasteiger partial charge in [0.2, 0.25) is 0 Å². The van der Waals surface area contributed by atoms with E-state index in [1.807, 2.05) is 101 Å². The van der Waals surface area contributed by atoms with Gasteiger partial charge in [-0.15, -0.1) is 0 Å². The van der Waals surface area contributed by atoms with E-state index in [1.165, 1.54) is 0 Å². The van der Waals surface area contributed by atoms with E-state index in [1.54, 1.807) is 6.07 Å². The minimum atomic E-state index is -0.317. The Kier molecular flexibility index (Phi) is 4.47. The summed E-state index contributed by atoms with van der Waals surface area (Å²) in [6.07, 6.45) is 0. The van der Waals surface area contributed by atoms with Crippen molar-refractivity contribution in [1.29, 1.82) is 0 Å². The Morgan fingerprint density at radius 2 is 1.14 bits per heavy atom. The number of rotatable bonds is 3. The van der Waals surface area contributed by atoms with Gasteiger partial charge < -0.3 is 4.42 Å². The highest BCUT2D eigenvalue weighted by Crippen LogP contribution is 2.29. The highest BCUT2D eigenvalue weighted by molar-refractivity contribution is 5.89. The molecule has 7 nitrogen and oxygen atoms in total. The van der Waals surface area contributed by atoms with Gasteiger partial charge in [0, 0.05) is 16.7 Å². The Morgan fingerprint density at radius 1 is 0.556 bits per heavy atom. The summed E-state index contributed by atoms with van der Waals surface area (Å²) < 4.78 is 7.77. The molecule has 4 aromatic carbocycles. The number of aromatic nitrogens is 5. The first-order valence-electron chi connectivity index (χ1n) is 11.5. The van der Waals surface area contributed by atoms with E-state index in [0.29, 0.717) is 28.4 Å². The van der Waals surface area contributed by atoms with E-state index in [2.05, 4.69) is 4.98 Å². The molecule has 3 aromatic heterocycles. The largest absolute Gasteiger partial charge is 0.423 e. The van der Waals surface area contributed by atoms with Crippen LogP contribution < -0.4 is 5.56 Å². The summed E-state index contributed by atoms with van der Waals surface area (Å²) in [5.74, 6) is 1.97. The van der Waals surface area contributed by atoms with Gasteiger partial charge in [0.25, 0.3) is 5.56 Å². The van der Waals surface area contributed by atoms with E-state index in [-0.39, 0.29) is 11.4 Å². The van der Waals surface area contributed by atoms with Crippen LogP contribution in [-0.2, 0) is 0 Å². The van der Waals surface area contributed by atoms with Crippen molar-refractivity contribution in [2.75, 3.05) is 0 Å². The Balaban J connectivity index is 1.49. The van der Waals surface area contributed by atoms with Crippen LogP contribution in [0, 0.1) is 0 Å². The maximum atomic E-state index is 12.5. The van der Waals surface area contributed by atoms with E-state index in [9.17, 15) is 4.79 Å². The molecule has 0 fully saturated rings. The molecule has 0 amide bonds. The Bertz CT molecular complexity index is 1900. The first-order chi connectivity index (χ1) is 17.7. The molecule has 0 unspecified atom stereocenters. The van der Waals surface area contributed by atoms with Crippen molar-refractivity contribution in [3.8, 4) is 34.2 Å². The van der Waals surface area contributed by atoms with E-state index in [0.717, 1.165) is 27.7 Å². The molecular formula is C29H17N5O2. The summed E-state index contributed by atoms with van der Waals surface area (Å²) >= 11 is 0. The van der Waals surface area contributed by atoms with Gasteiger partial charge >= 0.3 is 5.84 Å². The Morgan fingerprint density at radius 3 is 1.81 bits per heavy atom. The van der Waals surface area contributed by atoms with Crippen molar-refractivity contribution in [2.24, 2.45) is 0 Å². The van der Waals surface area contributed by atoms with E-state index >= 15 is 0 Å². The normalized spacial score (nSPS) is 11.4. The van der Waals surface area contributed by atoms with Crippen LogP contribution in [0.15, 0.2) is 112 Å². The minimum absolute atomic E-state index is 0.247. The summed E-state index contributed by atoms with van der Waals surface area (Å²) in [7, 11) is 0. The molecule has 170 valence electrons. The van der Waals surface area contributed by atoms with Gasteiger partial charge in [-0.25, -0.2) is 15.0 Å². The molecule has 0 aliphatic carbocycles. The summed E-state index contributed by atoms with van der Waals surface area (Å²) in [6.45, 7) is 0. The lowest BCUT2D eigenvalue weighted by Crippen LogP contribution is -2.08. The second kappa shape index (κ2) is 7.95. The molecule has 7 heteroatoms. The number of para-hydroxylation sites is 1. The van der Waals surface area contributed by atoms with Crippen molar-refractivity contribution >= 4 is 27.8 Å². The summed E-state index contributed by atoms with van der Waals surface area (Å²) in [4.78, 5) is 31.0. The van der Waals surface area contributed by atoms with Crippen LogP contribution in [0.1, 0.15) is 0 Å². The molecule has 36 heavy (non-hydrogen) atoms. The average Bonchev–Trinajstić information content (AvgIpc) is 3.31. The third-order valence-corrected chi connectivity index (χ3v) is 6.12. The molecule has 0 saturated carbocycles. The van der Waals surface area contributed by atoms with Gasteiger partial charge in [-0.1, -0.05) is 72.8 Å². The number of nitrogens with zero attached hydrogens (tertiary/aromatic N) is 5. The third-order valence-electron chi connectivity index (χ3n) is 6.12. The van der Waals surface area contributed by atoms with E-state index < -0.39 is 0 Å². The molecule has 7 rings (SSSR count). The SMILES string of the molecule is O=c1nc2oc3ccc(-c4nc(-c5ccccc5)nc(-c5ccccc5)n4)cc3n2c2ccccc12. The van der Waals surface area contributed by atoms with Crippen molar-refractivity contribution in [3.63, 3.8) is 0 Å². The van der Waals surface area contributed by atoms with Crippen molar-refractivity contribution in [3.05, 3.63) is 113 Å². The smallest absolute Gasteiger partial charge is 0.310 e. The third kappa shape index (κ3) is 3.25. The predicted octanol–water partition coefficient (Wildman–Crippen LogP) is 5.78. The van der Waals surface area contributed by atoms with Crippen LogP contribution in [0.2, 0.25) is 0 Å². The van der Waals surface area contributed by atoms with Crippen LogP contribution in [0.3, 0.4) is 0 Å². The van der Waals surface area contributed by atoms with Crippen LogP contribution in [0.25, 0.3) is 62.0 Å². The molecule has 0 aliphatic heterocycles. The van der Waals surface area contributed by atoms with Gasteiger partial charge in [0.15, 0.2) is 23.1 Å². The zero-order valence-electron chi connectivity index (χ0n) is 18.9. The average molecular weight is 467 g/mol. The van der Waals surface area contributed by atoms with Gasteiger partial charge in [-0.2, -0.15) is 4.98 Å². The second-order valence-electron chi connectivity index (χ2n) is 8.37. The number of fused-ring (bicyclic) bond motifs is 5. The number of hydrogen-bond donors (Lipinski definition) is 0. The lowest BCUT2D eigenvalue weighted by Gasteiger charge is -2.08. The second-order valence-corrected chi connectivity index (χ2v) is 8.37. The lowest BCUT2D eigenvalue weighted by atomic mass is 10.1. The van der Waals surface area contributed by atoms with Crippen molar-refractivity contribution < 1.29 is 4.42 Å². The molecule has 0 spiro atoms. The summed E-state index contributed by atoms with van der Waals surface area (Å²) in [5.41, 5.74) is 4.40. The lowest BCUT2D eigenvalue weighted by molar-refractivity contribution is 0.636. The fraction of sp³-hybridized carbons (Fsp3) is 0. The van der Waals surface area contributed by atoms with E-state index in [4.69, 9.17) is 19.4 Å². The molecule has 0 aliphatic rings. The van der Waals surface area contributed by atoms with Crippen molar-refractivity contribution in [2.45, 2.75) is 0 Å². The zero-order valence-corrected chi connectivity index (χ0v) is 18.9. The molecule has 7 aromatic rings. The monoisotopic (exact) mass is 467 g/mol. The topological polar surface area (TPSA) is 86.2 Å². The molecule has 0 bridgehead atoms. The van der Waals surface area contributed by atoms with Gasteiger partial charge in [-0.3, -0.25) is 9.20 Å². The quantitative estimate of drug-likeness (QED) is 0.327. The minimum Gasteiger partial charge on any atom is -0.423 e. The van der Waals surface area contributed by atoms with Crippen LogP contribution >= 0.6 is 0 Å². The Hall–Kier alpha value is -5.17. The molecule has 0 N–H and O–H groups in total. The van der Waals surface area contributed by atoms with Gasteiger partial charge in [0.05, 0.1) is 16.4 Å². The van der Waals surface area contributed by atoms with Crippen molar-refractivity contribution in [1.82, 2.24) is 24.3 Å². The molecule has 0 saturated heterocycles. The number of hydrogen-bond acceptors (Lipinski definition) is 6. The highest BCUT2D eigenvalue weighted by atomic mass is 16.4. The fourth-order valence-corrected chi connectivity index (χ4v) is 4.40. The fourth-order valence-electron chi connectivity index (χ4n) is 4.40. The first-order valence-corrected chi connectivity index (χ1v) is 11.5. The maximum Gasteiger partial charge on any atom is 0.310 e. The standard InChI is InChI=1S/C29H17N5O2/c35-28-21-13-7-8-14-22(21)34-23-17-20(15-16-24(23)36-29(34)33-28)27-31-25(18-9-3-1-4-10-18)30-26(32-27)19-11-5-2-6-12-19/h1-17H. The van der Waals surface area contributed by atoms with Crippen LogP contribution in [-0.4, -0.2) is 24.3 Å². The zero-order chi connectivity index (χ0) is 24.1. The van der Waals surface area contributed by atoms with Gasteiger partial charge in [-0.05, 0) is 30.3 Å². The molecular weight excluding hydrogens is 450 g/mol. The molecule has 0 radical (unpaired) electrons.